The number of aliphatic hydroxyl groups excluding tert-OH is 1. The Bertz CT molecular complexity index is 160. The summed E-state index contributed by atoms with van der Waals surface area (Å²) in [7, 11) is 1.96. The Hall–Kier alpha value is -0.610. The second kappa shape index (κ2) is 3.19. The highest BCUT2D eigenvalue weighted by Gasteiger charge is 2.27. The summed E-state index contributed by atoms with van der Waals surface area (Å²) in [5, 5.41) is 16.6. The lowest BCUT2D eigenvalue weighted by atomic mass is 9.93. The Balaban J connectivity index is 2.50. The number of nitrogens with two attached hydrogens (primary N) is 1. The number of nitrogens with one attached hydrogen (secondary N) is 1. The molecule has 11 heavy (non-hydrogen) atoms. The molecule has 4 N–H and O–H groups in total. The van der Waals surface area contributed by atoms with Crippen molar-refractivity contribution in [3.8, 4) is 0 Å². The van der Waals surface area contributed by atoms with Gasteiger partial charge >= 0.3 is 0 Å². The summed E-state index contributed by atoms with van der Waals surface area (Å²) >= 11 is 0. The number of hydrogen-bond acceptors (Lipinski definition) is 3. The quantitative estimate of drug-likeness (QED) is 0.346. The van der Waals surface area contributed by atoms with Crippen molar-refractivity contribution in [2.75, 3.05) is 20.1 Å². The molecule has 0 amide bonds. The van der Waals surface area contributed by atoms with Crippen molar-refractivity contribution < 1.29 is 5.11 Å². The summed E-state index contributed by atoms with van der Waals surface area (Å²) in [5.74, 6) is -0.00296. The first kappa shape index (κ1) is 8.49. The average molecular weight is 157 g/mol. The maximum Gasteiger partial charge on any atom is 0.0964 e. The van der Waals surface area contributed by atoms with Gasteiger partial charge < -0.3 is 15.7 Å². The van der Waals surface area contributed by atoms with Gasteiger partial charge in [0.05, 0.1) is 11.9 Å². The van der Waals surface area contributed by atoms with Crippen LogP contribution in [0.5, 0.6) is 0 Å². The van der Waals surface area contributed by atoms with Crippen molar-refractivity contribution >= 4 is 5.84 Å². The third-order valence-corrected chi connectivity index (χ3v) is 2.18. The van der Waals surface area contributed by atoms with Gasteiger partial charge in [-0.3, -0.25) is 5.41 Å². The van der Waals surface area contributed by atoms with Crippen molar-refractivity contribution in [2.45, 2.75) is 12.5 Å². The number of amidine groups is 1. The minimum Gasteiger partial charge on any atom is -0.391 e. The van der Waals surface area contributed by atoms with Gasteiger partial charge in [0.1, 0.15) is 0 Å². The molecule has 0 saturated carbocycles. The van der Waals surface area contributed by atoms with Gasteiger partial charge in [-0.25, -0.2) is 0 Å². The molecule has 2 atom stereocenters. The molecule has 1 rings (SSSR count). The Labute approximate surface area is 66.5 Å². The lowest BCUT2D eigenvalue weighted by molar-refractivity contribution is 0.0586. The molecule has 1 fully saturated rings. The van der Waals surface area contributed by atoms with E-state index in [0.717, 1.165) is 13.0 Å². The number of hydrogen-bond donors (Lipinski definition) is 3. The Morgan fingerprint density at radius 3 is 2.82 bits per heavy atom. The van der Waals surface area contributed by atoms with E-state index in [-0.39, 0.29) is 11.8 Å². The maximum absolute atomic E-state index is 9.45. The number of likely N-dealkylation sites (tertiary alicyclic amines) is 1. The highest BCUT2D eigenvalue weighted by Crippen LogP contribution is 2.15. The molecule has 0 aromatic heterocycles. The Kier molecular flexibility index (Phi) is 2.46. The molecule has 1 aliphatic heterocycles. The van der Waals surface area contributed by atoms with Crippen LogP contribution in [0.4, 0.5) is 0 Å². The van der Waals surface area contributed by atoms with Crippen molar-refractivity contribution in [3.05, 3.63) is 0 Å². The van der Waals surface area contributed by atoms with E-state index < -0.39 is 6.10 Å². The molecule has 1 heterocycles. The molecule has 0 aliphatic carbocycles. The van der Waals surface area contributed by atoms with Crippen LogP contribution in [-0.2, 0) is 0 Å². The largest absolute Gasteiger partial charge is 0.391 e. The lowest BCUT2D eigenvalue weighted by Gasteiger charge is -2.32. The summed E-state index contributed by atoms with van der Waals surface area (Å²) < 4.78 is 0. The molecule has 0 spiro atoms. The van der Waals surface area contributed by atoms with Gasteiger partial charge in [-0.2, -0.15) is 0 Å². The molecule has 4 heteroatoms. The maximum atomic E-state index is 9.45. The van der Waals surface area contributed by atoms with Gasteiger partial charge in [0.15, 0.2) is 0 Å². The molecule has 1 aliphatic rings. The van der Waals surface area contributed by atoms with Crippen molar-refractivity contribution in [1.82, 2.24) is 4.90 Å². The number of β-amino-alcohol motifs (C(OH)–C–C–N with tert-alkyl or cyclic N) is 1. The minimum absolute atomic E-state index is 0.116. The minimum atomic E-state index is -0.453. The Morgan fingerprint density at radius 1 is 1.73 bits per heavy atom. The lowest BCUT2D eigenvalue weighted by Crippen LogP contribution is -2.46. The fraction of sp³-hybridized carbons (Fsp3) is 0.857. The highest BCUT2D eigenvalue weighted by atomic mass is 16.3. The molecular weight excluding hydrogens is 142 g/mol. The fourth-order valence-corrected chi connectivity index (χ4v) is 1.45. The first-order valence-electron chi connectivity index (χ1n) is 3.82. The van der Waals surface area contributed by atoms with Gasteiger partial charge in [-0.15, -0.1) is 0 Å². The third kappa shape index (κ3) is 1.91. The molecule has 64 valence electrons. The van der Waals surface area contributed by atoms with Crippen LogP contribution in [0, 0.1) is 11.3 Å². The molecule has 1 saturated heterocycles. The summed E-state index contributed by atoms with van der Waals surface area (Å²) in [5.41, 5.74) is 5.31. The third-order valence-electron chi connectivity index (χ3n) is 2.18. The second-order valence-electron chi connectivity index (χ2n) is 3.18. The zero-order valence-electron chi connectivity index (χ0n) is 6.75. The van der Waals surface area contributed by atoms with Crippen LogP contribution >= 0.6 is 0 Å². The van der Waals surface area contributed by atoms with Crippen LogP contribution in [0.1, 0.15) is 6.42 Å². The van der Waals surface area contributed by atoms with Crippen LogP contribution in [0.3, 0.4) is 0 Å². The van der Waals surface area contributed by atoms with Crippen LogP contribution in [-0.4, -0.2) is 42.1 Å². The first-order valence-corrected chi connectivity index (χ1v) is 3.82. The molecule has 0 aromatic rings. The highest BCUT2D eigenvalue weighted by molar-refractivity contribution is 5.80. The van der Waals surface area contributed by atoms with E-state index in [2.05, 4.69) is 0 Å². The smallest absolute Gasteiger partial charge is 0.0964 e. The number of likely N-dealkylation sites (N-methyl/N-ethyl adjacent to an activating group) is 1. The zero-order valence-corrected chi connectivity index (χ0v) is 6.75. The molecule has 0 bridgehead atoms. The molecule has 4 nitrogen and oxygen atoms in total. The van der Waals surface area contributed by atoms with Gasteiger partial charge in [0.2, 0.25) is 0 Å². The van der Waals surface area contributed by atoms with Crippen LogP contribution in [0.15, 0.2) is 0 Å². The van der Waals surface area contributed by atoms with E-state index in [0.29, 0.717) is 6.54 Å². The van der Waals surface area contributed by atoms with Gasteiger partial charge in [-0.05, 0) is 20.0 Å². The number of aliphatic hydroxyl groups is 1. The van der Waals surface area contributed by atoms with E-state index in [4.69, 9.17) is 11.1 Å². The monoisotopic (exact) mass is 157 g/mol. The van der Waals surface area contributed by atoms with Gasteiger partial charge in [0.25, 0.3) is 0 Å². The van der Waals surface area contributed by atoms with Gasteiger partial charge in [-0.1, -0.05) is 0 Å². The zero-order chi connectivity index (χ0) is 8.43. The average Bonchev–Trinajstić information content (AvgIpc) is 1.85. The fourth-order valence-electron chi connectivity index (χ4n) is 1.45. The number of nitrogens with zero attached hydrogens (tertiary/aromatic N) is 1. The number of piperidine rings is 1. The SMILES string of the molecule is CN1CC[C@H](C(=N)N)[C@@H](O)C1. The second-order valence-corrected chi connectivity index (χ2v) is 3.18. The van der Waals surface area contributed by atoms with Crippen molar-refractivity contribution in [1.29, 1.82) is 5.41 Å². The molecule has 0 radical (unpaired) electrons. The van der Waals surface area contributed by atoms with E-state index in [1.807, 2.05) is 11.9 Å². The summed E-state index contributed by atoms with van der Waals surface area (Å²) in [4.78, 5) is 2.05. The topological polar surface area (TPSA) is 73.3 Å². The van der Waals surface area contributed by atoms with E-state index in [1.54, 1.807) is 0 Å². The van der Waals surface area contributed by atoms with E-state index >= 15 is 0 Å². The standard InChI is InChI=1S/C7H15N3O/c1-10-3-2-5(7(8)9)6(11)4-10/h5-6,11H,2-4H2,1H3,(H3,8,9)/t5-,6-/m0/s1. The normalized spacial score (nSPS) is 33.6. The van der Waals surface area contributed by atoms with Crippen molar-refractivity contribution in [2.24, 2.45) is 11.7 Å². The molecular formula is C7H15N3O. The van der Waals surface area contributed by atoms with E-state index in [9.17, 15) is 5.11 Å². The number of rotatable bonds is 1. The molecule has 0 unspecified atom stereocenters. The van der Waals surface area contributed by atoms with E-state index in [1.165, 1.54) is 0 Å². The van der Waals surface area contributed by atoms with Crippen LogP contribution < -0.4 is 5.73 Å². The van der Waals surface area contributed by atoms with Gasteiger partial charge in [0, 0.05) is 12.5 Å². The van der Waals surface area contributed by atoms with Crippen molar-refractivity contribution in [3.63, 3.8) is 0 Å². The van der Waals surface area contributed by atoms with Crippen LogP contribution in [0.2, 0.25) is 0 Å². The first-order chi connectivity index (χ1) is 5.11. The Morgan fingerprint density at radius 2 is 2.36 bits per heavy atom. The molecule has 0 aromatic carbocycles. The summed E-state index contributed by atoms with van der Waals surface area (Å²) in [6.07, 6.45) is 0.346. The predicted octanol–water partition coefficient (Wildman–Crippen LogP) is -0.765. The summed E-state index contributed by atoms with van der Waals surface area (Å²) in [6.45, 7) is 1.55. The predicted molar refractivity (Wildman–Crippen MR) is 43.5 cm³/mol. The summed E-state index contributed by atoms with van der Waals surface area (Å²) in [6, 6.07) is 0. The van der Waals surface area contributed by atoms with Crippen LogP contribution in [0.25, 0.3) is 0 Å².